The molecule has 0 aliphatic rings. The largest absolute Gasteiger partial charge is 0.350 e. The Kier molecular flexibility index (Phi) is 3.42. The first kappa shape index (κ1) is 13.1. The molecule has 3 heteroatoms. The highest BCUT2D eigenvalue weighted by Crippen LogP contribution is 2.39. The predicted molar refractivity (Wildman–Crippen MR) is 84.1 cm³/mol. The van der Waals surface area contributed by atoms with Crippen LogP contribution in [0, 0.1) is 20.8 Å². The average molecular weight is 281 g/mol. The van der Waals surface area contributed by atoms with E-state index in [1.165, 1.54) is 22.3 Å². The van der Waals surface area contributed by atoms with Crippen molar-refractivity contribution in [3.8, 4) is 22.0 Å². The van der Waals surface area contributed by atoms with Crippen molar-refractivity contribution in [2.75, 3.05) is 0 Å². The molecule has 0 aliphatic carbocycles. The van der Waals surface area contributed by atoms with Crippen LogP contribution in [0.25, 0.3) is 22.0 Å². The van der Waals surface area contributed by atoms with Crippen LogP contribution in [0.3, 0.4) is 0 Å². The van der Waals surface area contributed by atoms with E-state index < -0.39 is 0 Å². The van der Waals surface area contributed by atoms with Crippen LogP contribution in [0.5, 0.6) is 0 Å². The van der Waals surface area contributed by atoms with Gasteiger partial charge in [-0.2, -0.15) is 0 Å². The van der Waals surface area contributed by atoms with E-state index in [0.29, 0.717) is 0 Å². The van der Waals surface area contributed by atoms with Crippen molar-refractivity contribution in [2.45, 2.75) is 20.8 Å². The standard InChI is InChI=1S/C17H16NOP/c1-11-9-12(2)15(13(3)10-11)16-18-19-17(20-16)14-7-5-4-6-8-14/h4-10H,1-3H3. The van der Waals surface area contributed by atoms with Gasteiger partial charge in [0, 0.05) is 19.3 Å². The second kappa shape index (κ2) is 5.22. The molecule has 1 heterocycles. The molecule has 0 saturated heterocycles. The number of nitrogens with zero attached hydrogens (tertiary/aromatic N) is 1. The van der Waals surface area contributed by atoms with Gasteiger partial charge in [-0.3, -0.25) is 0 Å². The number of hydrogen-bond acceptors (Lipinski definition) is 2. The Bertz CT molecular complexity index is 724. The molecule has 100 valence electrons. The Hall–Kier alpha value is -1.92. The first-order valence-electron chi connectivity index (χ1n) is 6.62. The molecule has 0 aliphatic heterocycles. The zero-order valence-electron chi connectivity index (χ0n) is 11.8. The molecule has 0 radical (unpaired) electrons. The highest BCUT2D eigenvalue weighted by atomic mass is 31.0. The third-order valence-corrected chi connectivity index (χ3v) is 4.41. The fourth-order valence-electron chi connectivity index (χ4n) is 2.56. The van der Waals surface area contributed by atoms with Gasteiger partial charge < -0.3 is 4.52 Å². The summed E-state index contributed by atoms with van der Waals surface area (Å²) in [6, 6.07) is 14.5. The topological polar surface area (TPSA) is 26.0 Å². The summed E-state index contributed by atoms with van der Waals surface area (Å²) in [5.41, 5.74) is 8.00. The van der Waals surface area contributed by atoms with Crippen molar-refractivity contribution in [1.82, 2.24) is 5.16 Å². The molecule has 2 nitrogen and oxygen atoms in total. The van der Waals surface area contributed by atoms with E-state index in [1.807, 2.05) is 18.2 Å². The molecule has 0 fully saturated rings. The molecular formula is C17H16NOP. The summed E-state index contributed by atoms with van der Waals surface area (Å²) in [6.45, 7) is 6.39. The molecule has 3 aromatic rings. The summed E-state index contributed by atoms with van der Waals surface area (Å²) >= 11 is 0. The summed E-state index contributed by atoms with van der Waals surface area (Å²) in [5, 5.41) is 4.28. The van der Waals surface area contributed by atoms with Crippen LogP contribution in [-0.4, -0.2) is 5.16 Å². The molecule has 0 N–H and O–H groups in total. The lowest BCUT2D eigenvalue weighted by atomic mass is 10.0. The van der Waals surface area contributed by atoms with E-state index in [1.54, 1.807) is 0 Å². The molecule has 3 rings (SSSR count). The van der Waals surface area contributed by atoms with Gasteiger partial charge in [0.25, 0.3) is 0 Å². The van der Waals surface area contributed by atoms with E-state index in [4.69, 9.17) is 4.52 Å². The van der Waals surface area contributed by atoms with Crippen LogP contribution in [0.15, 0.2) is 47.0 Å². The molecule has 20 heavy (non-hydrogen) atoms. The molecule has 1 aromatic heterocycles. The Morgan fingerprint density at radius 3 is 2.25 bits per heavy atom. The fourth-order valence-corrected chi connectivity index (χ4v) is 3.65. The van der Waals surface area contributed by atoms with Crippen LogP contribution < -0.4 is 0 Å². The van der Waals surface area contributed by atoms with Gasteiger partial charge in [0.1, 0.15) is 5.43 Å². The maximum Gasteiger partial charge on any atom is 0.193 e. The molecule has 0 saturated carbocycles. The van der Waals surface area contributed by atoms with Crippen molar-refractivity contribution in [2.24, 2.45) is 0 Å². The molecule has 0 amide bonds. The van der Waals surface area contributed by atoms with Gasteiger partial charge in [-0.25, -0.2) is 0 Å². The molecule has 0 spiro atoms. The second-order valence-corrected chi connectivity index (χ2v) is 6.12. The van der Waals surface area contributed by atoms with Gasteiger partial charge in [0.2, 0.25) is 0 Å². The third kappa shape index (κ3) is 2.39. The lowest BCUT2D eigenvalue weighted by Crippen LogP contribution is -1.88. The molecule has 0 unspecified atom stereocenters. The SMILES string of the molecule is Cc1cc(C)c(-c2noc(-c3ccccc3)p2)c(C)c1. The molecule has 0 atom stereocenters. The van der Waals surface area contributed by atoms with Crippen molar-refractivity contribution < 1.29 is 4.52 Å². The maximum absolute atomic E-state index is 5.54. The van der Waals surface area contributed by atoms with Gasteiger partial charge in [-0.05, 0) is 31.9 Å². The summed E-state index contributed by atoms with van der Waals surface area (Å²) in [4.78, 5) is 0. The van der Waals surface area contributed by atoms with Crippen molar-refractivity contribution in [3.05, 3.63) is 59.2 Å². The Morgan fingerprint density at radius 2 is 1.60 bits per heavy atom. The zero-order chi connectivity index (χ0) is 14.1. The molecule has 2 aromatic carbocycles. The molecule has 0 bridgehead atoms. The summed E-state index contributed by atoms with van der Waals surface area (Å²) in [6.07, 6.45) is 0. The quantitative estimate of drug-likeness (QED) is 0.618. The fraction of sp³-hybridized carbons (Fsp3) is 0.176. The monoisotopic (exact) mass is 281 g/mol. The highest BCUT2D eigenvalue weighted by molar-refractivity contribution is 7.37. The summed E-state index contributed by atoms with van der Waals surface area (Å²) in [5.74, 6) is 0. The van der Waals surface area contributed by atoms with Gasteiger partial charge >= 0.3 is 0 Å². The Labute approximate surface area is 120 Å². The first-order chi connectivity index (χ1) is 9.65. The summed E-state index contributed by atoms with van der Waals surface area (Å²) in [7, 11) is 1.04. The lowest BCUT2D eigenvalue weighted by Gasteiger charge is -2.07. The lowest BCUT2D eigenvalue weighted by molar-refractivity contribution is 0.436. The number of aromatic nitrogens is 1. The van der Waals surface area contributed by atoms with Crippen LogP contribution in [-0.2, 0) is 0 Å². The highest BCUT2D eigenvalue weighted by Gasteiger charge is 2.13. The van der Waals surface area contributed by atoms with Gasteiger partial charge in [0.05, 0.1) is 0 Å². The van der Waals surface area contributed by atoms with Crippen molar-refractivity contribution in [1.29, 1.82) is 0 Å². The second-order valence-electron chi connectivity index (χ2n) is 5.06. The maximum atomic E-state index is 5.54. The third-order valence-electron chi connectivity index (χ3n) is 3.35. The summed E-state index contributed by atoms with van der Waals surface area (Å²) < 4.78 is 5.54. The zero-order valence-corrected chi connectivity index (χ0v) is 12.7. The normalized spacial score (nSPS) is 11.2. The van der Waals surface area contributed by atoms with E-state index in [-0.39, 0.29) is 0 Å². The number of hydrogen-bond donors (Lipinski definition) is 0. The van der Waals surface area contributed by atoms with Crippen LogP contribution >= 0.6 is 8.19 Å². The van der Waals surface area contributed by atoms with E-state index in [2.05, 4.69) is 50.2 Å². The minimum Gasteiger partial charge on any atom is -0.350 e. The van der Waals surface area contributed by atoms with Gasteiger partial charge in [-0.1, -0.05) is 53.2 Å². The van der Waals surface area contributed by atoms with Crippen LogP contribution in [0.4, 0.5) is 0 Å². The van der Waals surface area contributed by atoms with Gasteiger partial charge in [-0.15, -0.1) is 0 Å². The Balaban J connectivity index is 2.07. The van der Waals surface area contributed by atoms with E-state index in [9.17, 15) is 0 Å². The number of rotatable bonds is 2. The van der Waals surface area contributed by atoms with Crippen LogP contribution in [0.2, 0.25) is 0 Å². The minimum absolute atomic E-state index is 0.903. The van der Waals surface area contributed by atoms with E-state index in [0.717, 1.165) is 24.7 Å². The first-order valence-corrected chi connectivity index (χ1v) is 7.52. The smallest absolute Gasteiger partial charge is 0.193 e. The Morgan fingerprint density at radius 1 is 0.950 bits per heavy atom. The average Bonchev–Trinajstić information content (AvgIpc) is 2.88. The van der Waals surface area contributed by atoms with Crippen molar-refractivity contribution in [3.63, 3.8) is 0 Å². The predicted octanol–water partition coefficient (Wildman–Crippen LogP) is 5.51. The van der Waals surface area contributed by atoms with Crippen LogP contribution in [0.1, 0.15) is 16.7 Å². The minimum atomic E-state index is 0.903. The molecular weight excluding hydrogens is 265 g/mol. The number of aryl methyl sites for hydroxylation is 3. The van der Waals surface area contributed by atoms with Crippen molar-refractivity contribution >= 4 is 8.19 Å². The van der Waals surface area contributed by atoms with Gasteiger partial charge in [0.15, 0.2) is 5.49 Å². The number of benzene rings is 2. The van der Waals surface area contributed by atoms with E-state index >= 15 is 0 Å².